The topological polar surface area (TPSA) is 58.6 Å². The lowest BCUT2D eigenvalue weighted by Crippen LogP contribution is -2.46. The van der Waals surface area contributed by atoms with Crippen molar-refractivity contribution in [1.29, 1.82) is 0 Å². The second-order valence-electron chi connectivity index (χ2n) is 5.78. The number of ether oxygens (including phenoxy) is 1. The van der Waals surface area contributed by atoms with Crippen LogP contribution in [0.25, 0.3) is 0 Å². The Labute approximate surface area is 131 Å². The summed E-state index contributed by atoms with van der Waals surface area (Å²) in [6, 6.07) is 0.0346. The molecule has 0 aromatic rings. The van der Waals surface area contributed by atoms with Gasteiger partial charge in [0.2, 0.25) is 5.91 Å². The van der Waals surface area contributed by atoms with E-state index in [1.807, 2.05) is 4.90 Å². The Morgan fingerprint density at radius 2 is 2.00 bits per heavy atom. The van der Waals surface area contributed by atoms with Gasteiger partial charge in [0.25, 0.3) is 0 Å². The van der Waals surface area contributed by atoms with Gasteiger partial charge in [-0.2, -0.15) is 0 Å². The quantitative estimate of drug-likeness (QED) is 0.778. The molecule has 2 aliphatic rings. The van der Waals surface area contributed by atoms with Crippen molar-refractivity contribution in [3.05, 3.63) is 0 Å². The van der Waals surface area contributed by atoms with Crippen LogP contribution in [-0.2, 0) is 14.3 Å². The second-order valence-corrected chi connectivity index (χ2v) is 7.07. The Morgan fingerprint density at radius 1 is 1.24 bits per heavy atom. The average Bonchev–Trinajstić information content (AvgIpc) is 2.54. The molecule has 2 heterocycles. The van der Waals surface area contributed by atoms with Crippen molar-refractivity contribution in [3.8, 4) is 0 Å². The van der Waals surface area contributed by atoms with Gasteiger partial charge in [0, 0.05) is 17.8 Å². The number of esters is 1. The maximum Gasteiger partial charge on any atom is 0.307 e. The number of piperidine rings is 2. The number of methoxy groups -OCH3 is 1. The minimum absolute atomic E-state index is 0.0346. The summed E-state index contributed by atoms with van der Waals surface area (Å²) in [5, 5.41) is 3.94. The number of hydrogen-bond donors (Lipinski definition) is 1. The van der Waals surface area contributed by atoms with E-state index in [4.69, 9.17) is 4.74 Å². The first-order valence-corrected chi connectivity index (χ1v) is 8.94. The fourth-order valence-electron chi connectivity index (χ4n) is 3.05. The highest BCUT2D eigenvalue weighted by atomic mass is 32.2. The number of amides is 1. The molecule has 2 rings (SSSR count). The van der Waals surface area contributed by atoms with E-state index in [1.165, 1.54) is 7.11 Å². The third-order valence-corrected chi connectivity index (χ3v) is 5.66. The zero-order valence-electron chi connectivity index (χ0n) is 12.8. The Morgan fingerprint density at radius 3 is 2.71 bits per heavy atom. The van der Waals surface area contributed by atoms with E-state index in [-0.39, 0.29) is 17.9 Å². The summed E-state index contributed by atoms with van der Waals surface area (Å²) in [7, 11) is 1.41. The molecule has 1 atom stereocenters. The average molecular weight is 314 g/mol. The van der Waals surface area contributed by atoms with Gasteiger partial charge in [0.15, 0.2) is 0 Å². The molecule has 0 radical (unpaired) electrons. The largest absolute Gasteiger partial charge is 0.469 e. The van der Waals surface area contributed by atoms with Gasteiger partial charge >= 0.3 is 5.97 Å². The number of carbonyl (C=O) groups excluding carboxylic acids is 2. The predicted octanol–water partition coefficient (Wildman–Crippen LogP) is 1.42. The van der Waals surface area contributed by atoms with Crippen LogP contribution < -0.4 is 5.32 Å². The summed E-state index contributed by atoms with van der Waals surface area (Å²) in [6.45, 7) is 2.90. The minimum atomic E-state index is -0.217. The zero-order chi connectivity index (χ0) is 15.1. The van der Waals surface area contributed by atoms with Crippen molar-refractivity contribution in [1.82, 2.24) is 10.2 Å². The Hall–Kier alpha value is -0.750. The molecule has 5 nitrogen and oxygen atoms in total. The minimum Gasteiger partial charge on any atom is -0.469 e. The predicted molar refractivity (Wildman–Crippen MR) is 84.3 cm³/mol. The van der Waals surface area contributed by atoms with E-state index in [9.17, 15) is 9.59 Å². The molecule has 0 aromatic heterocycles. The maximum absolute atomic E-state index is 12.5. The van der Waals surface area contributed by atoms with Crippen LogP contribution in [0, 0.1) is 0 Å². The number of thioether (sulfide) groups is 1. The van der Waals surface area contributed by atoms with Crippen molar-refractivity contribution >= 4 is 23.6 Å². The van der Waals surface area contributed by atoms with E-state index in [0.29, 0.717) is 17.4 Å². The van der Waals surface area contributed by atoms with Crippen LogP contribution in [0.1, 0.15) is 38.5 Å². The van der Waals surface area contributed by atoms with Gasteiger partial charge < -0.3 is 15.0 Å². The van der Waals surface area contributed by atoms with Crippen LogP contribution in [0.5, 0.6) is 0 Å². The zero-order valence-corrected chi connectivity index (χ0v) is 13.6. The molecule has 0 saturated carbocycles. The lowest BCUT2D eigenvalue weighted by atomic mass is 9.99. The molecule has 2 saturated heterocycles. The monoisotopic (exact) mass is 314 g/mol. The lowest BCUT2D eigenvalue weighted by Gasteiger charge is -2.35. The van der Waals surface area contributed by atoms with E-state index < -0.39 is 0 Å². The smallest absolute Gasteiger partial charge is 0.307 e. The summed E-state index contributed by atoms with van der Waals surface area (Å²) in [5.41, 5.74) is 0. The highest BCUT2D eigenvalue weighted by Gasteiger charge is 2.29. The molecule has 21 heavy (non-hydrogen) atoms. The normalized spacial score (nSPS) is 23.9. The number of nitrogens with zero attached hydrogens (tertiary/aromatic N) is 1. The summed E-state index contributed by atoms with van der Waals surface area (Å²) in [6.07, 6.45) is 5.67. The Kier molecular flexibility index (Phi) is 6.83. The fourth-order valence-corrected chi connectivity index (χ4v) is 4.16. The van der Waals surface area contributed by atoms with Gasteiger partial charge in [0.1, 0.15) is 0 Å². The molecule has 1 N–H and O–H groups in total. The van der Waals surface area contributed by atoms with Crippen LogP contribution in [0.4, 0.5) is 0 Å². The number of carbonyl (C=O) groups is 2. The van der Waals surface area contributed by atoms with Crippen LogP contribution >= 0.6 is 11.8 Å². The van der Waals surface area contributed by atoms with Gasteiger partial charge in [0.05, 0.1) is 19.3 Å². The third-order valence-electron chi connectivity index (χ3n) is 4.31. The fraction of sp³-hybridized carbons (Fsp3) is 0.867. The Bertz CT molecular complexity index is 359. The van der Waals surface area contributed by atoms with Crippen LogP contribution in [-0.4, -0.2) is 60.6 Å². The number of nitrogens with one attached hydrogen (secondary N) is 1. The molecular formula is C15H26N2O3S. The van der Waals surface area contributed by atoms with Crippen LogP contribution in [0.2, 0.25) is 0 Å². The highest BCUT2D eigenvalue weighted by molar-refractivity contribution is 8.00. The first kappa shape index (κ1) is 16.6. The molecular weight excluding hydrogens is 288 g/mol. The summed E-state index contributed by atoms with van der Waals surface area (Å²) in [4.78, 5) is 25.9. The molecule has 1 unspecified atom stereocenters. The highest BCUT2D eigenvalue weighted by Crippen LogP contribution is 2.24. The number of rotatable bonds is 5. The molecule has 120 valence electrons. The Balaban J connectivity index is 1.81. The van der Waals surface area contributed by atoms with Gasteiger partial charge in [-0.15, -0.1) is 11.8 Å². The van der Waals surface area contributed by atoms with Gasteiger partial charge in [-0.05, 0) is 45.2 Å². The second kappa shape index (κ2) is 8.63. The number of likely N-dealkylation sites (tertiary alicyclic amines) is 1. The van der Waals surface area contributed by atoms with E-state index >= 15 is 0 Å². The van der Waals surface area contributed by atoms with E-state index in [1.54, 1.807) is 11.8 Å². The van der Waals surface area contributed by atoms with E-state index in [0.717, 1.165) is 51.7 Å². The molecule has 0 spiro atoms. The molecule has 0 aromatic carbocycles. The van der Waals surface area contributed by atoms with Crippen molar-refractivity contribution in [2.24, 2.45) is 0 Å². The van der Waals surface area contributed by atoms with Crippen molar-refractivity contribution in [3.63, 3.8) is 0 Å². The first-order chi connectivity index (χ1) is 10.2. The summed E-state index contributed by atoms with van der Waals surface area (Å²) in [5.74, 6) is 0.514. The molecule has 2 fully saturated rings. The van der Waals surface area contributed by atoms with E-state index in [2.05, 4.69) is 5.32 Å². The molecule has 1 amide bonds. The van der Waals surface area contributed by atoms with Crippen LogP contribution in [0.3, 0.4) is 0 Å². The van der Waals surface area contributed by atoms with Crippen molar-refractivity contribution in [2.45, 2.75) is 49.8 Å². The molecule has 2 aliphatic heterocycles. The molecule has 0 aliphatic carbocycles. The van der Waals surface area contributed by atoms with Gasteiger partial charge in [-0.25, -0.2) is 0 Å². The summed E-state index contributed by atoms with van der Waals surface area (Å²) >= 11 is 1.78. The SMILES string of the molecule is COC(=O)CC1CCCCN1C(=O)CSC1CCNCC1. The standard InChI is InChI=1S/C15H26N2O3S/c1-20-15(19)10-12-4-2-3-9-17(12)14(18)11-21-13-5-7-16-8-6-13/h12-13,16H,2-11H2,1H3. The molecule has 6 heteroatoms. The maximum atomic E-state index is 12.5. The summed E-state index contributed by atoms with van der Waals surface area (Å²) < 4.78 is 4.75. The third kappa shape index (κ3) is 5.18. The first-order valence-electron chi connectivity index (χ1n) is 7.89. The van der Waals surface area contributed by atoms with Gasteiger partial charge in [-0.3, -0.25) is 9.59 Å². The lowest BCUT2D eigenvalue weighted by molar-refractivity contribution is -0.144. The van der Waals surface area contributed by atoms with Crippen molar-refractivity contribution in [2.75, 3.05) is 32.5 Å². The molecule has 0 bridgehead atoms. The van der Waals surface area contributed by atoms with Gasteiger partial charge in [-0.1, -0.05) is 0 Å². The van der Waals surface area contributed by atoms with Crippen molar-refractivity contribution < 1.29 is 14.3 Å². The van der Waals surface area contributed by atoms with Crippen LogP contribution in [0.15, 0.2) is 0 Å². The number of hydrogen-bond acceptors (Lipinski definition) is 5.